The van der Waals surface area contributed by atoms with Gasteiger partial charge < -0.3 is 4.74 Å². The molecule has 1 N–H and O–H groups in total. The Kier molecular flexibility index (Phi) is 4.07. The molecule has 0 amide bonds. The van der Waals surface area contributed by atoms with Crippen LogP contribution in [0.15, 0.2) is 35.5 Å². The van der Waals surface area contributed by atoms with Crippen molar-refractivity contribution in [2.24, 2.45) is 0 Å². The van der Waals surface area contributed by atoms with Crippen molar-refractivity contribution in [3.05, 3.63) is 41.4 Å². The molecule has 118 valence electrons. The Morgan fingerprint density at radius 3 is 2.95 bits per heavy atom. The first-order chi connectivity index (χ1) is 10.5. The second kappa shape index (κ2) is 5.86. The molecule has 1 atom stereocenters. The molecule has 22 heavy (non-hydrogen) atoms. The van der Waals surface area contributed by atoms with Crippen molar-refractivity contribution in [2.75, 3.05) is 17.9 Å². The van der Waals surface area contributed by atoms with Crippen LogP contribution >= 0.6 is 11.6 Å². The van der Waals surface area contributed by atoms with Crippen molar-refractivity contribution in [1.29, 1.82) is 0 Å². The van der Waals surface area contributed by atoms with Gasteiger partial charge in [0, 0.05) is 12.8 Å². The normalized spacial score (nSPS) is 18.5. The van der Waals surface area contributed by atoms with Crippen LogP contribution in [0, 0.1) is 5.82 Å². The predicted octanol–water partition coefficient (Wildman–Crippen LogP) is 2.44. The van der Waals surface area contributed by atoms with Gasteiger partial charge >= 0.3 is 0 Å². The highest BCUT2D eigenvalue weighted by Crippen LogP contribution is 2.27. The van der Waals surface area contributed by atoms with E-state index in [-0.39, 0.29) is 21.6 Å². The largest absolute Gasteiger partial charge is 0.379 e. The van der Waals surface area contributed by atoms with Gasteiger partial charge in [-0.2, -0.15) is 5.10 Å². The lowest BCUT2D eigenvalue weighted by Crippen LogP contribution is -2.14. The molecule has 1 aromatic carbocycles. The molecule has 1 fully saturated rings. The first-order valence-electron chi connectivity index (χ1n) is 6.56. The van der Waals surface area contributed by atoms with Crippen molar-refractivity contribution in [3.8, 4) is 0 Å². The Morgan fingerprint density at radius 1 is 1.45 bits per heavy atom. The number of benzene rings is 1. The fourth-order valence-electron chi connectivity index (χ4n) is 2.18. The van der Waals surface area contributed by atoms with Gasteiger partial charge in [0.25, 0.3) is 10.0 Å². The molecule has 2 heterocycles. The quantitative estimate of drug-likeness (QED) is 0.923. The summed E-state index contributed by atoms with van der Waals surface area (Å²) in [6.45, 7) is 1.11. The molecule has 2 aromatic rings. The summed E-state index contributed by atoms with van der Waals surface area (Å²) in [6, 6.07) is 3.94. The highest BCUT2D eigenvalue weighted by Gasteiger charge is 2.23. The zero-order valence-electron chi connectivity index (χ0n) is 11.4. The van der Waals surface area contributed by atoms with Gasteiger partial charge in [-0.05, 0) is 18.6 Å². The van der Waals surface area contributed by atoms with Crippen LogP contribution in [0.5, 0.6) is 0 Å². The Hall–Kier alpha value is -1.64. The number of aromatic nitrogens is 2. The fraction of sp³-hybridized carbons (Fsp3) is 0.308. The molecule has 1 aliphatic rings. The minimum atomic E-state index is -3.97. The van der Waals surface area contributed by atoms with Crippen LogP contribution in [-0.4, -0.2) is 31.4 Å². The molecule has 0 aliphatic carbocycles. The van der Waals surface area contributed by atoms with Crippen molar-refractivity contribution >= 4 is 27.3 Å². The third kappa shape index (κ3) is 2.94. The molecular formula is C13H13ClFN3O3S. The van der Waals surface area contributed by atoms with Crippen molar-refractivity contribution in [2.45, 2.75) is 17.4 Å². The minimum Gasteiger partial charge on any atom is -0.379 e. The van der Waals surface area contributed by atoms with Gasteiger partial charge in [-0.15, -0.1) is 0 Å². The summed E-state index contributed by atoms with van der Waals surface area (Å²) in [7, 11) is -3.97. The Balaban J connectivity index is 1.87. The number of rotatable bonds is 4. The zero-order chi connectivity index (χ0) is 15.7. The van der Waals surface area contributed by atoms with E-state index < -0.39 is 15.8 Å². The lowest BCUT2D eigenvalue weighted by Gasteiger charge is -2.09. The van der Waals surface area contributed by atoms with E-state index in [1.807, 2.05) is 0 Å². The molecule has 0 bridgehead atoms. The highest BCUT2D eigenvalue weighted by molar-refractivity contribution is 7.92. The van der Waals surface area contributed by atoms with Gasteiger partial charge in [0.1, 0.15) is 16.4 Å². The zero-order valence-corrected chi connectivity index (χ0v) is 12.9. The van der Waals surface area contributed by atoms with Crippen LogP contribution in [0.25, 0.3) is 0 Å². The summed E-state index contributed by atoms with van der Waals surface area (Å²) >= 11 is 5.83. The summed E-state index contributed by atoms with van der Waals surface area (Å²) in [4.78, 5) is -0.0567. The van der Waals surface area contributed by atoms with Gasteiger partial charge in [-0.25, -0.2) is 12.8 Å². The lowest BCUT2D eigenvalue weighted by atomic mass is 10.3. The second-order valence-corrected chi connectivity index (χ2v) is 6.97. The van der Waals surface area contributed by atoms with E-state index in [1.165, 1.54) is 24.5 Å². The van der Waals surface area contributed by atoms with E-state index in [1.54, 1.807) is 4.68 Å². The molecule has 3 rings (SSSR count). The monoisotopic (exact) mass is 345 g/mol. The number of ether oxygens (including phenoxy) is 1. The third-order valence-electron chi connectivity index (χ3n) is 3.37. The van der Waals surface area contributed by atoms with Gasteiger partial charge in [-0.3, -0.25) is 9.40 Å². The molecule has 6 nitrogen and oxygen atoms in total. The molecular weight excluding hydrogens is 333 g/mol. The Labute approximate surface area is 131 Å². The van der Waals surface area contributed by atoms with Gasteiger partial charge in [0.2, 0.25) is 0 Å². The first kappa shape index (κ1) is 15.3. The number of nitrogens with one attached hydrogen (secondary N) is 1. The second-order valence-electron chi connectivity index (χ2n) is 4.88. The fourth-order valence-corrected chi connectivity index (χ4v) is 3.47. The van der Waals surface area contributed by atoms with Crippen molar-refractivity contribution in [3.63, 3.8) is 0 Å². The first-order valence-corrected chi connectivity index (χ1v) is 8.42. The number of para-hydroxylation sites is 1. The number of hydrogen-bond donors (Lipinski definition) is 1. The number of sulfonamides is 1. The summed E-state index contributed by atoms with van der Waals surface area (Å²) in [6.07, 6.45) is 3.39. The van der Waals surface area contributed by atoms with Gasteiger partial charge in [0.15, 0.2) is 0 Å². The standard InChI is InChI=1S/C13H13ClFN3O3S/c14-11-2-1-3-12(15)13(11)17-22(19,20)10-6-16-18(7-10)9-4-5-21-8-9/h1-3,6-7,9,17H,4-5,8H2. The predicted molar refractivity (Wildman–Crippen MR) is 78.9 cm³/mol. The molecule has 1 aromatic heterocycles. The van der Waals surface area contributed by atoms with E-state index >= 15 is 0 Å². The van der Waals surface area contributed by atoms with E-state index in [0.717, 1.165) is 12.5 Å². The molecule has 0 saturated carbocycles. The summed E-state index contributed by atoms with van der Waals surface area (Å²) in [5, 5.41) is 4.03. The molecule has 0 radical (unpaired) electrons. The number of nitrogens with zero attached hydrogens (tertiary/aromatic N) is 2. The van der Waals surface area contributed by atoms with Crippen LogP contribution in [-0.2, 0) is 14.8 Å². The van der Waals surface area contributed by atoms with Crippen LogP contribution in [0.1, 0.15) is 12.5 Å². The van der Waals surface area contributed by atoms with Gasteiger partial charge in [0.05, 0.1) is 23.9 Å². The highest BCUT2D eigenvalue weighted by atomic mass is 35.5. The molecule has 0 spiro atoms. The Morgan fingerprint density at radius 2 is 2.27 bits per heavy atom. The Bertz CT molecular complexity index is 767. The lowest BCUT2D eigenvalue weighted by molar-refractivity contribution is 0.184. The number of hydrogen-bond acceptors (Lipinski definition) is 4. The maximum absolute atomic E-state index is 13.7. The van der Waals surface area contributed by atoms with Crippen LogP contribution < -0.4 is 4.72 Å². The minimum absolute atomic E-state index is 0.0137. The van der Waals surface area contributed by atoms with Crippen molar-refractivity contribution in [1.82, 2.24) is 9.78 Å². The van der Waals surface area contributed by atoms with Crippen LogP contribution in [0.2, 0.25) is 5.02 Å². The van der Waals surface area contributed by atoms with Crippen LogP contribution in [0.3, 0.4) is 0 Å². The SMILES string of the molecule is O=S(=O)(Nc1c(F)cccc1Cl)c1cnn(C2CCOC2)c1. The topological polar surface area (TPSA) is 73.2 Å². The van der Waals surface area contributed by atoms with Crippen molar-refractivity contribution < 1.29 is 17.5 Å². The summed E-state index contributed by atoms with van der Waals surface area (Å²) in [5.41, 5.74) is -0.277. The molecule has 1 unspecified atom stereocenters. The smallest absolute Gasteiger partial charge is 0.265 e. The average molecular weight is 346 g/mol. The van der Waals surface area contributed by atoms with E-state index in [0.29, 0.717) is 13.2 Å². The summed E-state index contributed by atoms with van der Waals surface area (Å²) < 4.78 is 47.3. The maximum atomic E-state index is 13.7. The third-order valence-corrected chi connectivity index (χ3v) is 4.99. The number of halogens is 2. The molecule has 1 saturated heterocycles. The van der Waals surface area contributed by atoms with E-state index in [9.17, 15) is 12.8 Å². The molecule has 9 heteroatoms. The number of anilines is 1. The maximum Gasteiger partial charge on any atom is 0.265 e. The van der Waals surface area contributed by atoms with Gasteiger partial charge in [-0.1, -0.05) is 17.7 Å². The van der Waals surface area contributed by atoms with Crippen LogP contribution in [0.4, 0.5) is 10.1 Å². The van der Waals surface area contributed by atoms with E-state index in [4.69, 9.17) is 16.3 Å². The summed E-state index contributed by atoms with van der Waals surface area (Å²) in [5.74, 6) is -0.743. The average Bonchev–Trinajstić information content (AvgIpc) is 3.13. The molecule has 1 aliphatic heterocycles. The van der Waals surface area contributed by atoms with E-state index in [2.05, 4.69) is 9.82 Å².